The van der Waals surface area contributed by atoms with Crippen LogP contribution in [-0.2, 0) is 14.4 Å². The number of nitrogens with zero attached hydrogens (tertiary/aromatic N) is 1. The Morgan fingerprint density at radius 1 is 0.976 bits per heavy atom. The van der Waals surface area contributed by atoms with E-state index in [1.54, 1.807) is 36.4 Å². The van der Waals surface area contributed by atoms with Crippen molar-refractivity contribution in [3.8, 4) is 17.2 Å². The quantitative estimate of drug-likeness (QED) is 0.168. The number of amides is 5. The van der Waals surface area contributed by atoms with E-state index in [1.165, 1.54) is 44.6 Å². The summed E-state index contributed by atoms with van der Waals surface area (Å²) in [6.45, 7) is -0.849. The van der Waals surface area contributed by atoms with Crippen LogP contribution in [0.1, 0.15) is 5.56 Å². The number of anilines is 2. The highest BCUT2D eigenvalue weighted by Crippen LogP contribution is 2.35. The summed E-state index contributed by atoms with van der Waals surface area (Å²) in [5.74, 6) is -1.14. The average molecular weight is 674 g/mol. The molecule has 0 bridgehead atoms. The Balaban J connectivity index is 1.42. The summed E-state index contributed by atoms with van der Waals surface area (Å²) in [6, 6.07) is 14.5. The predicted molar refractivity (Wildman–Crippen MR) is 156 cm³/mol. The molecule has 41 heavy (non-hydrogen) atoms. The van der Waals surface area contributed by atoms with E-state index in [9.17, 15) is 23.6 Å². The lowest BCUT2D eigenvalue weighted by Gasteiger charge is -2.14. The molecule has 1 heterocycles. The maximum atomic E-state index is 13.1. The standard InChI is InChI=1S/C28H24FIN4O7/c1-39-22-6-4-3-5-20(22)32-24(35)14-34-27(37)21(33-28(34)38)12-16-11-19(30)26(23(13-16)40-2)41-15-25(36)31-18-9-7-17(29)8-10-18/h3-13H,14-15H2,1-2H3,(H,31,36)(H,32,35)(H,33,38)/b21-12+. The van der Waals surface area contributed by atoms with Crippen LogP contribution in [0.3, 0.4) is 0 Å². The maximum absolute atomic E-state index is 13.1. The molecule has 5 amide bonds. The van der Waals surface area contributed by atoms with Crippen LogP contribution in [0.25, 0.3) is 6.08 Å². The molecule has 1 saturated heterocycles. The van der Waals surface area contributed by atoms with Crippen LogP contribution in [0.15, 0.2) is 66.4 Å². The number of hydrogen-bond donors (Lipinski definition) is 3. The molecule has 0 aliphatic carbocycles. The van der Waals surface area contributed by atoms with Crippen molar-refractivity contribution in [1.82, 2.24) is 10.2 Å². The smallest absolute Gasteiger partial charge is 0.329 e. The van der Waals surface area contributed by atoms with Crippen molar-refractivity contribution in [2.45, 2.75) is 0 Å². The second-order valence-corrected chi connectivity index (χ2v) is 9.67. The van der Waals surface area contributed by atoms with Gasteiger partial charge in [-0.25, -0.2) is 14.1 Å². The number of methoxy groups -OCH3 is 2. The minimum absolute atomic E-state index is 0.0368. The number of imide groups is 1. The van der Waals surface area contributed by atoms with Gasteiger partial charge in [-0.3, -0.25) is 14.4 Å². The lowest BCUT2D eigenvalue weighted by Crippen LogP contribution is -2.38. The molecule has 3 N–H and O–H groups in total. The molecular formula is C28H24FIN4O7. The van der Waals surface area contributed by atoms with E-state index in [0.717, 1.165) is 4.90 Å². The van der Waals surface area contributed by atoms with E-state index in [0.29, 0.717) is 32.0 Å². The number of carbonyl (C=O) groups excluding carboxylic acids is 4. The first-order valence-corrected chi connectivity index (χ1v) is 13.1. The van der Waals surface area contributed by atoms with Crippen LogP contribution in [0.2, 0.25) is 0 Å². The number of rotatable bonds is 10. The second kappa shape index (κ2) is 13.1. The number of urea groups is 1. The third kappa shape index (κ3) is 7.30. The van der Waals surface area contributed by atoms with E-state index in [-0.39, 0.29) is 18.1 Å². The first-order valence-electron chi connectivity index (χ1n) is 12.0. The van der Waals surface area contributed by atoms with Gasteiger partial charge in [-0.05, 0) is 82.8 Å². The predicted octanol–water partition coefficient (Wildman–Crippen LogP) is 4.00. The van der Waals surface area contributed by atoms with Gasteiger partial charge in [0.05, 0.1) is 23.5 Å². The summed E-state index contributed by atoms with van der Waals surface area (Å²) in [5, 5.41) is 7.70. The molecule has 0 atom stereocenters. The Labute approximate surface area is 247 Å². The van der Waals surface area contributed by atoms with E-state index in [4.69, 9.17) is 14.2 Å². The molecular weight excluding hydrogens is 650 g/mol. The molecule has 1 fully saturated rings. The zero-order valence-corrected chi connectivity index (χ0v) is 24.0. The number of nitrogens with one attached hydrogen (secondary N) is 3. The molecule has 13 heteroatoms. The highest BCUT2D eigenvalue weighted by Gasteiger charge is 2.35. The molecule has 0 spiro atoms. The minimum atomic E-state index is -0.745. The third-order valence-electron chi connectivity index (χ3n) is 5.68. The van der Waals surface area contributed by atoms with E-state index < -0.39 is 36.1 Å². The molecule has 11 nitrogen and oxygen atoms in total. The Kier molecular flexibility index (Phi) is 9.39. The zero-order chi connectivity index (χ0) is 29.5. The molecule has 0 unspecified atom stereocenters. The van der Waals surface area contributed by atoms with Crippen molar-refractivity contribution in [3.63, 3.8) is 0 Å². The fourth-order valence-corrected chi connectivity index (χ4v) is 4.58. The summed E-state index contributed by atoms with van der Waals surface area (Å²) in [4.78, 5) is 51.0. The summed E-state index contributed by atoms with van der Waals surface area (Å²) in [7, 11) is 2.87. The number of ether oxygens (including phenoxy) is 3. The van der Waals surface area contributed by atoms with Crippen LogP contribution in [-0.4, -0.2) is 56.0 Å². The molecule has 0 aromatic heterocycles. The first kappa shape index (κ1) is 29.3. The van der Waals surface area contributed by atoms with Crippen molar-refractivity contribution >= 4 is 63.8 Å². The highest BCUT2D eigenvalue weighted by atomic mass is 127. The number of benzene rings is 3. The molecule has 1 aliphatic heterocycles. The molecule has 0 radical (unpaired) electrons. The fraction of sp³-hybridized carbons (Fsp3) is 0.143. The Hall–Kier alpha value is -4.66. The van der Waals surface area contributed by atoms with Crippen molar-refractivity contribution < 1.29 is 37.8 Å². The average Bonchev–Trinajstić information content (AvgIpc) is 3.20. The summed E-state index contributed by atoms with van der Waals surface area (Å²) < 4.78 is 29.9. The van der Waals surface area contributed by atoms with Crippen LogP contribution in [0.5, 0.6) is 17.2 Å². The largest absolute Gasteiger partial charge is 0.495 e. The molecule has 4 rings (SSSR count). The Bertz CT molecular complexity index is 1530. The van der Waals surface area contributed by atoms with E-state index >= 15 is 0 Å². The van der Waals surface area contributed by atoms with Crippen LogP contribution in [0, 0.1) is 9.39 Å². The van der Waals surface area contributed by atoms with Crippen molar-refractivity contribution in [2.75, 3.05) is 38.0 Å². The van der Waals surface area contributed by atoms with Gasteiger partial charge in [-0.2, -0.15) is 0 Å². The van der Waals surface area contributed by atoms with Gasteiger partial charge < -0.3 is 30.2 Å². The van der Waals surface area contributed by atoms with Gasteiger partial charge in [0, 0.05) is 5.69 Å². The molecule has 0 saturated carbocycles. The maximum Gasteiger partial charge on any atom is 0.329 e. The Morgan fingerprint density at radius 3 is 2.39 bits per heavy atom. The van der Waals surface area contributed by atoms with Gasteiger partial charge in [0.1, 0.15) is 23.8 Å². The lowest BCUT2D eigenvalue weighted by atomic mass is 10.1. The highest BCUT2D eigenvalue weighted by molar-refractivity contribution is 14.1. The van der Waals surface area contributed by atoms with Gasteiger partial charge in [-0.1, -0.05) is 12.1 Å². The van der Waals surface area contributed by atoms with E-state index in [1.807, 2.05) is 22.6 Å². The first-order chi connectivity index (χ1) is 19.7. The van der Waals surface area contributed by atoms with Gasteiger partial charge in [0.2, 0.25) is 5.91 Å². The van der Waals surface area contributed by atoms with Gasteiger partial charge in [0.15, 0.2) is 18.1 Å². The number of para-hydroxylation sites is 2. The topological polar surface area (TPSA) is 135 Å². The summed E-state index contributed by atoms with van der Waals surface area (Å²) >= 11 is 1.99. The summed E-state index contributed by atoms with van der Waals surface area (Å²) in [6.07, 6.45) is 1.44. The van der Waals surface area contributed by atoms with Crippen LogP contribution in [0.4, 0.5) is 20.6 Å². The Morgan fingerprint density at radius 2 is 1.68 bits per heavy atom. The van der Waals surface area contributed by atoms with Gasteiger partial charge in [0.25, 0.3) is 11.8 Å². The van der Waals surface area contributed by atoms with Crippen molar-refractivity contribution in [2.24, 2.45) is 0 Å². The van der Waals surface area contributed by atoms with Gasteiger partial charge in [-0.15, -0.1) is 0 Å². The molecule has 212 valence electrons. The van der Waals surface area contributed by atoms with Crippen molar-refractivity contribution in [3.05, 3.63) is 81.3 Å². The minimum Gasteiger partial charge on any atom is -0.495 e. The summed E-state index contributed by atoms with van der Waals surface area (Å²) in [5.41, 5.74) is 1.28. The van der Waals surface area contributed by atoms with E-state index in [2.05, 4.69) is 16.0 Å². The number of halogens is 2. The van der Waals surface area contributed by atoms with Gasteiger partial charge >= 0.3 is 6.03 Å². The fourth-order valence-electron chi connectivity index (χ4n) is 3.79. The SMILES string of the molecule is COc1ccccc1NC(=O)CN1C(=O)N/C(=C/c2cc(I)c(OCC(=O)Nc3ccc(F)cc3)c(OC)c2)C1=O. The molecule has 3 aromatic rings. The number of hydrogen-bond acceptors (Lipinski definition) is 7. The normalized spacial score (nSPS) is 13.6. The third-order valence-corrected chi connectivity index (χ3v) is 6.48. The van der Waals surface area contributed by atoms with Crippen molar-refractivity contribution in [1.29, 1.82) is 0 Å². The monoisotopic (exact) mass is 674 g/mol. The van der Waals surface area contributed by atoms with Crippen LogP contribution < -0.4 is 30.2 Å². The lowest BCUT2D eigenvalue weighted by molar-refractivity contribution is -0.127. The molecule has 1 aliphatic rings. The second-order valence-electron chi connectivity index (χ2n) is 8.51. The molecule has 3 aromatic carbocycles. The number of carbonyl (C=O) groups is 4. The van der Waals surface area contributed by atoms with Crippen LogP contribution >= 0.6 is 22.6 Å². The zero-order valence-electron chi connectivity index (χ0n) is 21.8.